The third-order valence-electron chi connectivity index (χ3n) is 14.2. The van der Waals surface area contributed by atoms with Gasteiger partial charge < -0.3 is 14.2 Å². The van der Waals surface area contributed by atoms with Crippen LogP contribution in [0.1, 0.15) is 316 Å². The monoisotopic (exact) mass is 1100 g/mol. The zero-order valence-electron chi connectivity index (χ0n) is 51.9. The molecule has 0 radical (unpaired) electrons. The van der Waals surface area contributed by atoms with Gasteiger partial charge in [0.1, 0.15) is 13.2 Å². The third kappa shape index (κ3) is 64.8. The van der Waals surface area contributed by atoms with Crippen LogP contribution in [0.5, 0.6) is 0 Å². The Morgan fingerprint density at radius 1 is 0.266 bits per heavy atom. The second-order valence-corrected chi connectivity index (χ2v) is 22.0. The zero-order valence-corrected chi connectivity index (χ0v) is 51.9. The van der Waals surface area contributed by atoms with Crippen LogP contribution in [0, 0.1) is 0 Å². The van der Waals surface area contributed by atoms with E-state index in [2.05, 4.69) is 130 Å². The van der Waals surface area contributed by atoms with Crippen molar-refractivity contribution in [3.8, 4) is 0 Å². The number of unbranched alkanes of at least 4 members (excludes halogenated alkanes) is 31. The molecule has 0 rings (SSSR count). The molecule has 452 valence electrons. The summed E-state index contributed by atoms with van der Waals surface area (Å²) in [5.74, 6) is -0.941. The van der Waals surface area contributed by atoms with E-state index in [1.165, 1.54) is 148 Å². The standard InChI is InChI=1S/C73H124O6/c1-4-7-10-13-16-19-22-24-26-28-30-32-34-36-37-38-40-41-43-45-47-49-51-54-57-60-63-66-72(75)78-69-70(68-77-71(74)65-62-59-56-53-21-18-15-12-9-6-3)79-73(76)67-64-61-58-55-52-50-48-46-44-42-39-35-33-31-29-27-25-23-20-17-14-11-8-5-2/h7,10,12,15-16,19,24,26,30,32,36-37,40-41,45,47,51,54,70H,4-6,8-9,11,13-14,17-18,20-23,25,27-29,31,33-35,38-39,42-44,46,48-50,52-53,55-69H2,1-3H3/b10-7-,15-12-,19-16-,26-24-,32-30-,37-36-,41-40-,47-45-,54-51-. The minimum atomic E-state index is -0.800. The quantitative estimate of drug-likeness (QED) is 0.0261. The van der Waals surface area contributed by atoms with Crippen molar-refractivity contribution in [2.24, 2.45) is 0 Å². The van der Waals surface area contributed by atoms with Crippen molar-refractivity contribution >= 4 is 17.9 Å². The maximum absolute atomic E-state index is 12.9. The van der Waals surface area contributed by atoms with Gasteiger partial charge >= 0.3 is 17.9 Å². The Hall–Kier alpha value is -3.93. The Morgan fingerprint density at radius 3 is 0.861 bits per heavy atom. The fourth-order valence-electron chi connectivity index (χ4n) is 9.29. The fraction of sp³-hybridized carbons (Fsp3) is 0.712. The van der Waals surface area contributed by atoms with Crippen LogP contribution in [0.15, 0.2) is 109 Å². The molecule has 0 fully saturated rings. The molecule has 6 nitrogen and oxygen atoms in total. The van der Waals surface area contributed by atoms with E-state index in [1.807, 2.05) is 0 Å². The maximum Gasteiger partial charge on any atom is 0.306 e. The molecule has 1 unspecified atom stereocenters. The van der Waals surface area contributed by atoms with Crippen molar-refractivity contribution in [3.05, 3.63) is 109 Å². The van der Waals surface area contributed by atoms with Crippen LogP contribution in [0.4, 0.5) is 0 Å². The highest BCUT2D eigenvalue weighted by Gasteiger charge is 2.19. The normalized spacial score (nSPS) is 12.8. The first-order valence-corrected chi connectivity index (χ1v) is 33.4. The first-order chi connectivity index (χ1) is 39.0. The maximum atomic E-state index is 12.9. The summed E-state index contributed by atoms with van der Waals surface area (Å²) in [5, 5.41) is 0. The molecule has 0 N–H and O–H groups in total. The van der Waals surface area contributed by atoms with Crippen molar-refractivity contribution in [1.29, 1.82) is 0 Å². The average molecular weight is 1100 g/mol. The lowest BCUT2D eigenvalue weighted by molar-refractivity contribution is -0.167. The third-order valence-corrected chi connectivity index (χ3v) is 14.2. The van der Waals surface area contributed by atoms with E-state index in [0.29, 0.717) is 19.3 Å². The number of esters is 3. The van der Waals surface area contributed by atoms with Gasteiger partial charge in [-0.05, 0) is 103 Å². The van der Waals surface area contributed by atoms with Gasteiger partial charge in [-0.25, -0.2) is 0 Å². The fourth-order valence-corrected chi connectivity index (χ4v) is 9.29. The lowest BCUT2D eigenvalue weighted by atomic mass is 10.0. The number of hydrogen-bond acceptors (Lipinski definition) is 6. The number of carbonyl (C=O) groups is 3. The first kappa shape index (κ1) is 75.1. The predicted molar refractivity (Wildman–Crippen MR) is 343 cm³/mol. The molecule has 79 heavy (non-hydrogen) atoms. The van der Waals surface area contributed by atoms with Crippen molar-refractivity contribution in [2.75, 3.05) is 13.2 Å². The van der Waals surface area contributed by atoms with Gasteiger partial charge in [0.15, 0.2) is 6.10 Å². The van der Waals surface area contributed by atoms with Crippen molar-refractivity contribution in [3.63, 3.8) is 0 Å². The van der Waals surface area contributed by atoms with Gasteiger partial charge in [0, 0.05) is 19.3 Å². The van der Waals surface area contributed by atoms with Crippen LogP contribution in [-0.4, -0.2) is 37.2 Å². The second-order valence-electron chi connectivity index (χ2n) is 22.0. The lowest BCUT2D eigenvalue weighted by Gasteiger charge is -2.18. The summed E-state index contributed by atoms with van der Waals surface area (Å²) in [7, 11) is 0. The van der Waals surface area contributed by atoms with Crippen LogP contribution in [0.3, 0.4) is 0 Å². The molecule has 0 heterocycles. The van der Waals surface area contributed by atoms with E-state index in [4.69, 9.17) is 14.2 Å². The molecule has 0 saturated carbocycles. The lowest BCUT2D eigenvalue weighted by Crippen LogP contribution is -2.30. The molecule has 6 heteroatoms. The van der Waals surface area contributed by atoms with E-state index in [-0.39, 0.29) is 31.1 Å². The molecular weight excluding hydrogens is 973 g/mol. The summed E-state index contributed by atoms with van der Waals surface area (Å²) in [4.78, 5) is 38.2. The molecule has 0 aromatic carbocycles. The Labute approximate surface area is 489 Å². The Morgan fingerprint density at radius 2 is 0.519 bits per heavy atom. The number of ether oxygens (including phenoxy) is 3. The molecule has 0 aromatic heterocycles. The van der Waals surface area contributed by atoms with E-state index >= 15 is 0 Å². The SMILES string of the molecule is CC/C=C\C/C=C\C/C=C\C/C=C\C/C=C\C/C=C\C/C=C\C/C=C\CCCCC(=O)OCC(COC(=O)CCCCCCC/C=C\CCC)OC(=O)CCCCCCCCCCCCCCCCCCCCCCCCCC. The molecule has 0 spiro atoms. The molecule has 1 atom stereocenters. The van der Waals surface area contributed by atoms with E-state index < -0.39 is 6.10 Å². The molecule has 0 saturated heterocycles. The summed E-state index contributed by atoms with van der Waals surface area (Å²) >= 11 is 0. The molecule has 0 aliphatic rings. The molecule has 0 bridgehead atoms. The van der Waals surface area contributed by atoms with Crippen molar-refractivity contribution < 1.29 is 28.6 Å². The van der Waals surface area contributed by atoms with E-state index in [0.717, 1.165) is 128 Å². The summed E-state index contributed by atoms with van der Waals surface area (Å²) in [6.07, 6.45) is 91.2. The van der Waals surface area contributed by atoms with Crippen LogP contribution in [-0.2, 0) is 28.6 Å². The number of hydrogen-bond donors (Lipinski definition) is 0. The van der Waals surface area contributed by atoms with E-state index in [1.54, 1.807) is 0 Å². The second kappa shape index (κ2) is 66.6. The first-order valence-electron chi connectivity index (χ1n) is 33.4. The summed E-state index contributed by atoms with van der Waals surface area (Å²) in [6.45, 7) is 6.45. The molecule has 0 aromatic rings. The van der Waals surface area contributed by atoms with Gasteiger partial charge in [0.25, 0.3) is 0 Å². The topological polar surface area (TPSA) is 78.9 Å². The smallest absolute Gasteiger partial charge is 0.306 e. The molecule has 0 aliphatic carbocycles. The van der Waals surface area contributed by atoms with Crippen LogP contribution < -0.4 is 0 Å². The molecule has 0 aliphatic heterocycles. The highest BCUT2D eigenvalue weighted by atomic mass is 16.6. The number of rotatable bonds is 60. The van der Waals surface area contributed by atoms with Gasteiger partial charge in [0.2, 0.25) is 0 Å². The Balaban J connectivity index is 4.31. The number of allylic oxidation sites excluding steroid dienone is 18. The van der Waals surface area contributed by atoms with Crippen LogP contribution in [0.25, 0.3) is 0 Å². The van der Waals surface area contributed by atoms with Gasteiger partial charge in [-0.2, -0.15) is 0 Å². The molecule has 0 amide bonds. The van der Waals surface area contributed by atoms with Gasteiger partial charge in [-0.3, -0.25) is 14.4 Å². The average Bonchev–Trinajstić information content (AvgIpc) is 3.45. The van der Waals surface area contributed by atoms with E-state index in [9.17, 15) is 14.4 Å². The Bertz CT molecular complexity index is 1590. The highest BCUT2D eigenvalue weighted by Crippen LogP contribution is 2.17. The van der Waals surface area contributed by atoms with Crippen LogP contribution in [0.2, 0.25) is 0 Å². The predicted octanol–water partition coefficient (Wildman–Crippen LogP) is 23.0. The summed E-state index contributed by atoms with van der Waals surface area (Å²) in [5.41, 5.74) is 0. The van der Waals surface area contributed by atoms with Gasteiger partial charge in [-0.15, -0.1) is 0 Å². The summed E-state index contributed by atoms with van der Waals surface area (Å²) < 4.78 is 16.9. The Kier molecular flexibility index (Phi) is 63.3. The highest BCUT2D eigenvalue weighted by molar-refractivity contribution is 5.71. The van der Waals surface area contributed by atoms with Gasteiger partial charge in [0.05, 0.1) is 0 Å². The van der Waals surface area contributed by atoms with Crippen LogP contribution >= 0.6 is 0 Å². The van der Waals surface area contributed by atoms with Crippen molar-refractivity contribution in [1.82, 2.24) is 0 Å². The minimum Gasteiger partial charge on any atom is -0.462 e. The zero-order chi connectivity index (χ0) is 57.1. The van der Waals surface area contributed by atoms with Gasteiger partial charge in [-0.1, -0.05) is 304 Å². The summed E-state index contributed by atoms with van der Waals surface area (Å²) in [6, 6.07) is 0. The largest absolute Gasteiger partial charge is 0.462 e. The van der Waals surface area contributed by atoms with Crippen molar-refractivity contribution in [2.45, 2.75) is 322 Å². The molecular formula is C73H124O6. The minimum absolute atomic E-state index is 0.0952. The number of carbonyl (C=O) groups excluding carboxylic acids is 3.